The van der Waals surface area contributed by atoms with Crippen LogP contribution in [-0.2, 0) is 0 Å². The number of rotatable bonds is 8. The van der Waals surface area contributed by atoms with Crippen molar-refractivity contribution >= 4 is 0 Å². The van der Waals surface area contributed by atoms with Gasteiger partial charge in [0.1, 0.15) is 0 Å². The van der Waals surface area contributed by atoms with Gasteiger partial charge in [0.2, 0.25) is 0 Å². The van der Waals surface area contributed by atoms with Gasteiger partial charge in [-0.15, -0.1) is 0 Å². The molecule has 0 bridgehead atoms. The summed E-state index contributed by atoms with van der Waals surface area (Å²) in [5.41, 5.74) is 0. The normalized spacial score (nSPS) is 15.0. The highest BCUT2D eigenvalue weighted by Gasteiger charge is 2.59. The molecule has 1 nitrogen and oxygen atoms in total. The number of unbranched alkanes of at least 4 members (excludes halogenated alkanes) is 4. The van der Waals surface area contributed by atoms with Crippen molar-refractivity contribution in [2.24, 2.45) is 5.92 Å². The van der Waals surface area contributed by atoms with E-state index in [0.717, 1.165) is 26.3 Å². The fourth-order valence-corrected chi connectivity index (χ4v) is 2.09. The molecule has 0 spiro atoms. The number of nitrogens with one attached hydrogen (secondary N) is 1. The number of alkyl halides is 6. The maximum Gasteiger partial charge on any atom is 0.401 e. The Kier molecular flexibility index (Phi) is 7.78. The minimum Gasteiger partial charge on any atom is -0.316 e. The van der Waals surface area contributed by atoms with Crippen LogP contribution in [0.5, 0.6) is 0 Å². The lowest BCUT2D eigenvalue weighted by Gasteiger charge is -2.30. The summed E-state index contributed by atoms with van der Waals surface area (Å²) in [7, 11) is 1.14. The van der Waals surface area contributed by atoms with E-state index in [4.69, 9.17) is 0 Å². The SMILES string of the molecule is CCCCCCCC(NC)C(C(F)(F)F)C(F)(F)F. The molecule has 0 amide bonds. The molecule has 116 valence electrons. The molecule has 0 aliphatic heterocycles. The molecule has 0 fully saturated rings. The van der Waals surface area contributed by atoms with Crippen molar-refractivity contribution in [3.8, 4) is 0 Å². The van der Waals surface area contributed by atoms with Crippen LogP contribution in [0.15, 0.2) is 0 Å². The first-order valence-electron chi connectivity index (χ1n) is 6.45. The van der Waals surface area contributed by atoms with Gasteiger partial charge in [-0.2, -0.15) is 26.3 Å². The largest absolute Gasteiger partial charge is 0.401 e. The zero-order chi connectivity index (χ0) is 15.1. The predicted octanol–water partition coefficient (Wildman–Crippen LogP) is 4.68. The van der Waals surface area contributed by atoms with E-state index in [1.165, 1.54) is 0 Å². The highest BCUT2D eigenvalue weighted by molar-refractivity contribution is 4.86. The molecular weight excluding hydrogens is 272 g/mol. The molecule has 19 heavy (non-hydrogen) atoms. The summed E-state index contributed by atoms with van der Waals surface area (Å²) in [6.45, 7) is 1.99. The van der Waals surface area contributed by atoms with E-state index in [2.05, 4.69) is 5.32 Å². The molecule has 0 aromatic carbocycles. The molecule has 0 rings (SSSR count). The molecule has 7 heteroatoms. The van der Waals surface area contributed by atoms with E-state index < -0.39 is 24.3 Å². The fourth-order valence-electron chi connectivity index (χ4n) is 2.09. The molecular formula is C12H21F6N. The van der Waals surface area contributed by atoms with E-state index in [1.807, 2.05) is 6.92 Å². The maximum atomic E-state index is 12.5. The molecule has 0 radical (unpaired) electrons. The molecule has 0 aromatic rings. The van der Waals surface area contributed by atoms with Gasteiger partial charge in [0, 0.05) is 6.04 Å². The lowest BCUT2D eigenvalue weighted by molar-refractivity contribution is -0.291. The van der Waals surface area contributed by atoms with Gasteiger partial charge in [-0.3, -0.25) is 0 Å². The zero-order valence-electron chi connectivity index (χ0n) is 11.2. The fraction of sp³-hybridized carbons (Fsp3) is 1.00. The summed E-state index contributed by atoms with van der Waals surface area (Å²) in [6, 6.07) is -1.61. The molecule has 1 N–H and O–H groups in total. The Hall–Kier alpha value is -0.460. The van der Waals surface area contributed by atoms with E-state index in [9.17, 15) is 26.3 Å². The van der Waals surface area contributed by atoms with Crippen LogP contribution in [0.25, 0.3) is 0 Å². The average molecular weight is 293 g/mol. The topological polar surface area (TPSA) is 12.0 Å². The third-order valence-corrected chi connectivity index (χ3v) is 3.10. The van der Waals surface area contributed by atoms with Crippen molar-refractivity contribution in [2.75, 3.05) is 7.05 Å². The van der Waals surface area contributed by atoms with Crippen LogP contribution in [0.3, 0.4) is 0 Å². The van der Waals surface area contributed by atoms with E-state index in [-0.39, 0.29) is 6.42 Å². The van der Waals surface area contributed by atoms with Crippen LogP contribution in [0.2, 0.25) is 0 Å². The van der Waals surface area contributed by atoms with Crippen molar-refractivity contribution < 1.29 is 26.3 Å². The molecule has 0 saturated carbocycles. The minimum atomic E-state index is -5.27. The van der Waals surface area contributed by atoms with Gasteiger partial charge in [-0.05, 0) is 13.5 Å². The Balaban J connectivity index is 4.51. The summed E-state index contributed by atoms with van der Waals surface area (Å²) in [5.74, 6) is -3.30. The first kappa shape index (κ1) is 18.5. The maximum absolute atomic E-state index is 12.5. The first-order chi connectivity index (χ1) is 8.64. The number of halogens is 6. The van der Waals surface area contributed by atoms with Gasteiger partial charge in [0.05, 0.1) is 0 Å². The number of hydrogen-bond acceptors (Lipinski definition) is 1. The van der Waals surface area contributed by atoms with Crippen molar-refractivity contribution in [1.29, 1.82) is 0 Å². The third kappa shape index (κ3) is 7.03. The second-order valence-electron chi connectivity index (χ2n) is 4.66. The van der Waals surface area contributed by atoms with Gasteiger partial charge in [-0.25, -0.2) is 0 Å². The van der Waals surface area contributed by atoms with Crippen LogP contribution in [0, 0.1) is 5.92 Å². The zero-order valence-corrected chi connectivity index (χ0v) is 11.2. The van der Waals surface area contributed by atoms with E-state index in [0.29, 0.717) is 12.8 Å². The highest BCUT2D eigenvalue weighted by atomic mass is 19.4. The van der Waals surface area contributed by atoms with Crippen LogP contribution in [0.1, 0.15) is 45.4 Å². The molecule has 0 heterocycles. The van der Waals surface area contributed by atoms with Gasteiger partial charge in [0.25, 0.3) is 0 Å². The first-order valence-corrected chi connectivity index (χ1v) is 6.45. The number of hydrogen-bond donors (Lipinski definition) is 1. The standard InChI is InChI=1S/C12H21F6N/c1-3-4-5-6-7-8-9(19-2)10(11(13,14)15)12(16,17)18/h9-10,19H,3-8H2,1-2H3. The summed E-state index contributed by atoms with van der Waals surface area (Å²) in [6.07, 6.45) is -6.86. The van der Waals surface area contributed by atoms with Gasteiger partial charge < -0.3 is 5.32 Å². The lowest BCUT2D eigenvalue weighted by Crippen LogP contribution is -2.50. The van der Waals surface area contributed by atoms with Crippen LogP contribution in [-0.4, -0.2) is 25.4 Å². The van der Waals surface area contributed by atoms with Crippen LogP contribution >= 0.6 is 0 Å². The highest BCUT2D eigenvalue weighted by Crippen LogP contribution is 2.42. The lowest BCUT2D eigenvalue weighted by atomic mass is 9.93. The molecule has 0 aliphatic rings. The summed E-state index contributed by atoms with van der Waals surface area (Å²) in [5, 5.41) is 2.17. The van der Waals surface area contributed by atoms with Gasteiger partial charge >= 0.3 is 12.4 Å². The molecule has 1 atom stereocenters. The monoisotopic (exact) mass is 293 g/mol. The summed E-state index contributed by atoms with van der Waals surface area (Å²) < 4.78 is 75.1. The molecule has 0 saturated heterocycles. The predicted molar refractivity (Wildman–Crippen MR) is 61.8 cm³/mol. The van der Waals surface area contributed by atoms with E-state index in [1.54, 1.807) is 0 Å². The van der Waals surface area contributed by atoms with Gasteiger partial charge in [-0.1, -0.05) is 39.0 Å². The second-order valence-corrected chi connectivity index (χ2v) is 4.66. The third-order valence-electron chi connectivity index (χ3n) is 3.10. The van der Waals surface area contributed by atoms with Gasteiger partial charge in [0.15, 0.2) is 5.92 Å². The van der Waals surface area contributed by atoms with Crippen molar-refractivity contribution in [1.82, 2.24) is 5.32 Å². The van der Waals surface area contributed by atoms with Crippen molar-refractivity contribution in [3.63, 3.8) is 0 Å². The van der Waals surface area contributed by atoms with Crippen LogP contribution < -0.4 is 5.32 Å². The van der Waals surface area contributed by atoms with Crippen molar-refractivity contribution in [3.05, 3.63) is 0 Å². The summed E-state index contributed by atoms with van der Waals surface area (Å²) >= 11 is 0. The quantitative estimate of drug-likeness (QED) is 0.506. The smallest absolute Gasteiger partial charge is 0.316 e. The Bertz CT molecular complexity index is 221. The average Bonchev–Trinajstić information content (AvgIpc) is 2.23. The molecule has 1 unspecified atom stereocenters. The van der Waals surface area contributed by atoms with Crippen LogP contribution in [0.4, 0.5) is 26.3 Å². The Morgan fingerprint density at radius 3 is 1.68 bits per heavy atom. The Morgan fingerprint density at radius 2 is 1.32 bits per heavy atom. The Morgan fingerprint density at radius 1 is 0.842 bits per heavy atom. The molecule has 0 aliphatic carbocycles. The minimum absolute atomic E-state index is 0.121. The molecule has 0 aromatic heterocycles. The Labute approximate surface area is 109 Å². The van der Waals surface area contributed by atoms with E-state index >= 15 is 0 Å². The second kappa shape index (κ2) is 7.97. The summed E-state index contributed by atoms with van der Waals surface area (Å²) in [4.78, 5) is 0. The van der Waals surface area contributed by atoms with Crippen molar-refractivity contribution in [2.45, 2.75) is 63.8 Å².